The zero-order chi connectivity index (χ0) is 20.6. The van der Waals surface area contributed by atoms with Crippen LogP contribution in [0.15, 0.2) is 63.3 Å². The molecule has 0 saturated heterocycles. The molecule has 0 saturated carbocycles. The number of nitrogens with zero attached hydrogens (tertiary/aromatic N) is 1. The first-order chi connectivity index (χ1) is 11.0. The molecule has 24 heavy (non-hydrogen) atoms. The highest BCUT2D eigenvalue weighted by atomic mass is 16.4. The number of rotatable bonds is 4. The molecule has 9 nitrogen and oxygen atoms in total. The van der Waals surface area contributed by atoms with Gasteiger partial charge in [0.2, 0.25) is 0 Å². The van der Waals surface area contributed by atoms with Gasteiger partial charge in [-0.25, -0.2) is 19.2 Å². The van der Waals surface area contributed by atoms with E-state index in [-0.39, 0.29) is 0 Å². The number of allylic oxidation sites excluding steroid dienone is 1. The molecule has 0 amide bonds. The van der Waals surface area contributed by atoms with Crippen LogP contribution in [0, 0.1) is 11.3 Å². The molecule has 0 aromatic rings. The molecule has 4 N–H and O–H groups in total. The van der Waals surface area contributed by atoms with Crippen LogP contribution in [0.5, 0.6) is 0 Å². The molecule has 0 atom stereocenters. The fraction of sp³-hybridized carbons (Fsp3) is 0. The van der Waals surface area contributed by atoms with Crippen molar-refractivity contribution in [1.29, 1.82) is 5.26 Å². The molecule has 0 heterocycles. The highest BCUT2D eigenvalue weighted by molar-refractivity contribution is 5.79. The first-order valence-corrected chi connectivity index (χ1v) is 5.42. The zero-order valence-corrected chi connectivity index (χ0v) is 12.8. The first-order valence-electron chi connectivity index (χ1n) is 5.42. The van der Waals surface area contributed by atoms with E-state index in [9.17, 15) is 19.2 Å². The van der Waals surface area contributed by atoms with Crippen molar-refractivity contribution < 1.29 is 39.6 Å². The maximum absolute atomic E-state index is 9.25. The fourth-order valence-corrected chi connectivity index (χ4v) is 0. The molecular formula is C15H19NO8. The van der Waals surface area contributed by atoms with E-state index in [2.05, 4.69) is 32.9 Å². The van der Waals surface area contributed by atoms with Gasteiger partial charge < -0.3 is 20.4 Å². The van der Waals surface area contributed by atoms with Crippen molar-refractivity contribution in [2.45, 2.75) is 0 Å². The minimum absolute atomic E-state index is 0.833. The number of carbonyl (C=O) groups is 4. The maximum atomic E-state index is 9.25. The Morgan fingerprint density at radius 1 is 0.625 bits per heavy atom. The van der Waals surface area contributed by atoms with Gasteiger partial charge in [-0.2, -0.15) is 5.26 Å². The summed E-state index contributed by atoms with van der Waals surface area (Å²) < 4.78 is 0. The van der Waals surface area contributed by atoms with Crippen LogP contribution in [0.25, 0.3) is 0 Å². The molecule has 0 bridgehead atoms. The van der Waals surface area contributed by atoms with Crippen molar-refractivity contribution in [3.63, 3.8) is 0 Å². The lowest BCUT2D eigenvalue weighted by Gasteiger charge is -1.64. The number of hydrogen-bond donors (Lipinski definition) is 4. The molecule has 0 aliphatic heterocycles. The van der Waals surface area contributed by atoms with E-state index in [4.69, 9.17) is 25.7 Å². The number of hydrogen-bond acceptors (Lipinski definition) is 5. The zero-order valence-electron chi connectivity index (χ0n) is 12.8. The van der Waals surface area contributed by atoms with E-state index < -0.39 is 23.9 Å². The Morgan fingerprint density at radius 2 is 0.708 bits per heavy atom. The Labute approximate surface area is 139 Å². The normalized spacial score (nSPS) is 5.96. The van der Waals surface area contributed by atoms with Crippen molar-refractivity contribution in [1.82, 2.24) is 0 Å². The Bertz CT molecular complexity index is 414. The van der Waals surface area contributed by atoms with E-state index in [1.807, 2.05) is 0 Å². The van der Waals surface area contributed by atoms with Crippen LogP contribution < -0.4 is 0 Å². The van der Waals surface area contributed by atoms with Gasteiger partial charge in [0.1, 0.15) is 0 Å². The summed E-state index contributed by atoms with van der Waals surface area (Å²) in [5, 5.41) is 37.9. The van der Waals surface area contributed by atoms with Crippen molar-refractivity contribution >= 4 is 23.9 Å². The number of carboxylic acid groups (broad SMARTS) is 4. The quantitative estimate of drug-likeness (QED) is 0.438. The fourth-order valence-electron chi connectivity index (χ4n) is 0. The minimum Gasteiger partial charge on any atom is -0.478 e. The molecule has 0 aliphatic carbocycles. The standard InChI is InChI=1S/C3H3N.4C3H4O2/c1-2-3-4;4*1-2-3(4)5/h2H,1H2;4*2H,1H2,(H,4,5). The summed E-state index contributed by atoms with van der Waals surface area (Å²) in [6.45, 7) is 15.0. The first kappa shape index (κ1) is 32.1. The van der Waals surface area contributed by atoms with E-state index in [1.54, 1.807) is 6.07 Å². The van der Waals surface area contributed by atoms with Crippen LogP contribution in [0.4, 0.5) is 0 Å². The van der Waals surface area contributed by atoms with Gasteiger partial charge >= 0.3 is 23.9 Å². The Kier molecular flexibility index (Phi) is 42.1. The van der Waals surface area contributed by atoms with Gasteiger partial charge in [0.05, 0.1) is 6.07 Å². The molecule has 0 rings (SSSR count). The molecule has 0 spiro atoms. The van der Waals surface area contributed by atoms with Crippen molar-refractivity contribution in [2.75, 3.05) is 0 Å². The van der Waals surface area contributed by atoms with Crippen molar-refractivity contribution in [3.8, 4) is 6.07 Å². The summed E-state index contributed by atoms with van der Waals surface area (Å²) in [6, 6.07) is 1.69. The number of aliphatic carboxylic acids is 4. The van der Waals surface area contributed by atoms with Gasteiger partial charge in [-0.1, -0.05) is 32.9 Å². The van der Waals surface area contributed by atoms with Crippen LogP contribution in [-0.2, 0) is 19.2 Å². The highest BCUT2D eigenvalue weighted by Gasteiger charge is 1.74. The van der Waals surface area contributed by atoms with Crippen LogP contribution in [0.2, 0.25) is 0 Å². The van der Waals surface area contributed by atoms with Crippen molar-refractivity contribution in [3.05, 3.63) is 63.3 Å². The van der Waals surface area contributed by atoms with E-state index in [1.165, 1.54) is 6.08 Å². The number of nitriles is 1. The van der Waals surface area contributed by atoms with Gasteiger partial charge in [-0.3, -0.25) is 0 Å². The summed E-state index contributed by atoms with van der Waals surface area (Å²) in [5.74, 6) is -3.93. The van der Waals surface area contributed by atoms with Crippen molar-refractivity contribution in [2.24, 2.45) is 0 Å². The second-order valence-electron chi connectivity index (χ2n) is 2.50. The average Bonchev–Trinajstić information content (AvgIpc) is 2.56. The lowest BCUT2D eigenvalue weighted by molar-refractivity contribution is -0.132. The Balaban J connectivity index is -0.0000000628. The van der Waals surface area contributed by atoms with Crippen LogP contribution in [-0.4, -0.2) is 44.3 Å². The molecule has 0 aromatic carbocycles. The molecular weight excluding hydrogens is 322 g/mol. The maximum Gasteiger partial charge on any atom is 0.327 e. The predicted molar refractivity (Wildman–Crippen MR) is 87.1 cm³/mol. The third-order valence-electron chi connectivity index (χ3n) is 0.790. The van der Waals surface area contributed by atoms with Crippen LogP contribution in [0.3, 0.4) is 0 Å². The van der Waals surface area contributed by atoms with Gasteiger partial charge in [-0.05, 0) is 0 Å². The lowest BCUT2D eigenvalue weighted by atomic mass is 10.7. The molecule has 132 valence electrons. The molecule has 0 unspecified atom stereocenters. The largest absolute Gasteiger partial charge is 0.478 e. The summed E-state index contributed by atoms with van der Waals surface area (Å²) in [7, 11) is 0. The van der Waals surface area contributed by atoms with Gasteiger partial charge in [0.15, 0.2) is 0 Å². The third-order valence-corrected chi connectivity index (χ3v) is 0.790. The predicted octanol–water partition coefficient (Wildman–Crippen LogP) is 1.72. The highest BCUT2D eigenvalue weighted by Crippen LogP contribution is 1.56. The SMILES string of the molecule is C=CC#N.C=CC(=O)O.C=CC(=O)O.C=CC(=O)O.C=CC(=O)O. The van der Waals surface area contributed by atoms with Crippen LogP contribution >= 0.6 is 0 Å². The van der Waals surface area contributed by atoms with Gasteiger partial charge in [0.25, 0.3) is 0 Å². The summed E-state index contributed by atoms with van der Waals surface area (Å²) >= 11 is 0. The van der Waals surface area contributed by atoms with Gasteiger partial charge in [-0.15, -0.1) is 0 Å². The topological polar surface area (TPSA) is 173 Å². The molecule has 0 radical (unpaired) electrons. The second-order valence-corrected chi connectivity index (χ2v) is 2.50. The van der Waals surface area contributed by atoms with E-state index >= 15 is 0 Å². The molecule has 0 aromatic heterocycles. The minimum atomic E-state index is -0.981. The monoisotopic (exact) mass is 341 g/mol. The third kappa shape index (κ3) is 205. The van der Waals surface area contributed by atoms with Crippen LogP contribution in [0.1, 0.15) is 0 Å². The molecule has 0 fully saturated rings. The molecule has 0 aliphatic rings. The van der Waals surface area contributed by atoms with E-state index in [0.29, 0.717) is 0 Å². The van der Waals surface area contributed by atoms with E-state index in [0.717, 1.165) is 24.3 Å². The molecule has 9 heteroatoms. The summed E-state index contributed by atoms with van der Waals surface area (Å²) in [5.41, 5.74) is 0. The Morgan fingerprint density at radius 3 is 0.708 bits per heavy atom. The van der Waals surface area contributed by atoms with Gasteiger partial charge in [0, 0.05) is 30.4 Å². The summed E-state index contributed by atoms with van der Waals surface area (Å²) in [4.78, 5) is 37.0. The number of carboxylic acids is 4. The smallest absolute Gasteiger partial charge is 0.327 e. The second kappa shape index (κ2) is 31.5. The summed E-state index contributed by atoms with van der Waals surface area (Å²) in [6.07, 6.45) is 4.51. The average molecular weight is 341 g/mol. The lowest BCUT2D eigenvalue weighted by Crippen LogP contribution is -1.82. The Hall–Kier alpha value is -3.93.